The van der Waals surface area contributed by atoms with Crippen LogP contribution in [0.2, 0.25) is 0 Å². The Morgan fingerprint density at radius 1 is 1.25 bits per heavy atom. The van der Waals surface area contributed by atoms with Crippen LogP contribution in [0.25, 0.3) is 11.3 Å². The van der Waals surface area contributed by atoms with Gasteiger partial charge in [-0.05, 0) is 18.8 Å². The fourth-order valence-corrected chi connectivity index (χ4v) is 5.23. The van der Waals surface area contributed by atoms with E-state index in [1.54, 1.807) is 6.08 Å². The lowest BCUT2D eigenvalue weighted by atomic mass is 9.52. The molecule has 1 heterocycles. The number of carbonyl (C=O) groups excluding carboxylic acids is 2. The number of benzene rings is 1. The second-order valence-corrected chi connectivity index (χ2v) is 8.57. The number of fused-ring (bicyclic) bond motifs is 3. The van der Waals surface area contributed by atoms with Crippen molar-refractivity contribution in [3.8, 4) is 17.3 Å². The highest BCUT2D eigenvalue weighted by Gasteiger charge is 2.55. The molecule has 0 aliphatic heterocycles. The Bertz CT molecular complexity index is 1070. The van der Waals surface area contributed by atoms with Gasteiger partial charge in [-0.25, -0.2) is 0 Å². The van der Waals surface area contributed by atoms with Crippen molar-refractivity contribution in [1.29, 1.82) is 5.26 Å². The minimum atomic E-state index is -0.654. The van der Waals surface area contributed by atoms with Crippen LogP contribution in [0, 0.1) is 22.7 Å². The van der Waals surface area contributed by atoms with Gasteiger partial charge in [-0.1, -0.05) is 57.2 Å². The Morgan fingerprint density at radius 2 is 1.93 bits per heavy atom. The molecule has 2 aliphatic carbocycles. The van der Waals surface area contributed by atoms with E-state index in [4.69, 9.17) is 5.10 Å². The molecule has 0 fully saturated rings. The number of aromatic nitrogens is 2. The first kappa shape index (κ1) is 18.4. The van der Waals surface area contributed by atoms with Gasteiger partial charge in [-0.3, -0.25) is 9.59 Å². The Kier molecular flexibility index (Phi) is 3.94. The first-order valence-corrected chi connectivity index (χ1v) is 9.58. The maximum absolute atomic E-state index is 12.8. The van der Waals surface area contributed by atoms with E-state index in [1.807, 2.05) is 51.1 Å². The predicted molar refractivity (Wildman–Crippen MR) is 106 cm³/mol. The summed E-state index contributed by atoms with van der Waals surface area (Å²) in [6.07, 6.45) is 3.34. The molecule has 4 rings (SSSR count). The van der Waals surface area contributed by atoms with Crippen LogP contribution in [0.3, 0.4) is 0 Å². The first-order valence-electron chi connectivity index (χ1n) is 9.58. The summed E-state index contributed by atoms with van der Waals surface area (Å²) in [5, 5.41) is 14.3. The summed E-state index contributed by atoms with van der Waals surface area (Å²) in [7, 11) is 0. The van der Waals surface area contributed by atoms with Crippen molar-refractivity contribution in [3.63, 3.8) is 0 Å². The van der Waals surface area contributed by atoms with Crippen LogP contribution >= 0.6 is 0 Å². The average molecular weight is 373 g/mol. The quantitative estimate of drug-likeness (QED) is 0.754. The molecule has 0 amide bonds. The Labute approximate surface area is 164 Å². The van der Waals surface area contributed by atoms with Gasteiger partial charge in [0.05, 0.1) is 17.0 Å². The van der Waals surface area contributed by atoms with Crippen molar-refractivity contribution in [2.75, 3.05) is 0 Å². The summed E-state index contributed by atoms with van der Waals surface area (Å²) in [5.41, 5.74) is 2.59. The highest BCUT2D eigenvalue weighted by molar-refractivity contribution is 6.04. The molecule has 0 saturated heterocycles. The summed E-state index contributed by atoms with van der Waals surface area (Å²) in [6, 6.07) is 11.9. The monoisotopic (exact) mass is 373 g/mol. The molecule has 5 heteroatoms. The van der Waals surface area contributed by atoms with E-state index in [-0.39, 0.29) is 23.2 Å². The molecule has 0 saturated carbocycles. The zero-order chi connectivity index (χ0) is 20.3. The van der Waals surface area contributed by atoms with Gasteiger partial charge in [0, 0.05) is 28.9 Å². The highest BCUT2D eigenvalue weighted by atomic mass is 16.2. The third-order valence-electron chi connectivity index (χ3n) is 6.51. The molecule has 1 aromatic heterocycles. The lowest BCUT2D eigenvalue weighted by molar-refractivity contribution is -0.128. The molecule has 0 bridgehead atoms. The molecule has 2 aliphatic rings. The van der Waals surface area contributed by atoms with Crippen LogP contribution in [-0.4, -0.2) is 21.5 Å². The summed E-state index contributed by atoms with van der Waals surface area (Å²) in [5.74, 6) is -0.227. The summed E-state index contributed by atoms with van der Waals surface area (Å²) in [6.45, 7) is 7.41. The smallest absolute Gasteiger partial charge is 0.244 e. The van der Waals surface area contributed by atoms with Crippen LogP contribution in [0.5, 0.6) is 0 Å². The normalized spacial score (nSPS) is 25.3. The molecule has 0 radical (unpaired) electrons. The van der Waals surface area contributed by atoms with Crippen LogP contribution < -0.4 is 0 Å². The molecule has 2 aromatic rings. The number of nitriles is 1. The van der Waals surface area contributed by atoms with E-state index in [0.29, 0.717) is 0 Å². The molecule has 142 valence electrons. The minimum Gasteiger partial charge on any atom is -0.293 e. The van der Waals surface area contributed by atoms with Crippen LogP contribution in [0.1, 0.15) is 50.2 Å². The van der Waals surface area contributed by atoms with Gasteiger partial charge in [0.25, 0.3) is 0 Å². The lowest BCUT2D eigenvalue weighted by Gasteiger charge is -2.49. The van der Waals surface area contributed by atoms with Crippen molar-refractivity contribution in [2.24, 2.45) is 11.3 Å². The van der Waals surface area contributed by atoms with E-state index < -0.39 is 10.8 Å². The zero-order valence-electron chi connectivity index (χ0n) is 16.6. The third-order valence-corrected chi connectivity index (χ3v) is 6.51. The van der Waals surface area contributed by atoms with Crippen LogP contribution in [-0.2, 0) is 16.6 Å². The first-order chi connectivity index (χ1) is 13.2. The Hall–Kier alpha value is -3.00. The van der Waals surface area contributed by atoms with E-state index in [1.165, 1.54) is 11.6 Å². The molecule has 28 heavy (non-hydrogen) atoms. The number of carbonyl (C=O) groups is 2. The van der Waals surface area contributed by atoms with Crippen molar-refractivity contribution < 1.29 is 9.59 Å². The number of nitrogens with zero attached hydrogens (tertiary/aromatic N) is 3. The second kappa shape index (κ2) is 6.00. The molecule has 5 nitrogen and oxygen atoms in total. The fourth-order valence-electron chi connectivity index (χ4n) is 5.23. The molecular formula is C23H23N3O2. The summed E-state index contributed by atoms with van der Waals surface area (Å²) < 4.78 is 1.48. The van der Waals surface area contributed by atoms with Gasteiger partial charge in [0.15, 0.2) is 5.78 Å². The van der Waals surface area contributed by atoms with E-state index in [9.17, 15) is 14.9 Å². The molecule has 2 atom stereocenters. The second-order valence-electron chi connectivity index (χ2n) is 8.57. The standard InChI is InChI=1S/C23H23N3O2/c1-14(27)26-19(15-8-6-5-7-9-15)17-10-11-18-22(2,3)21(28)16(13-24)12-23(18,4)20(17)25-26/h5-9,12,18H,10-11H2,1-4H3/t18-,23-/m0/s1. The molecule has 0 N–H and O–H groups in total. The number of hydrogen-bond donors (Lipinski definition) is 0. The van der Waals surface area contributed by atoms with E-state index >= 15 is 0 Å². The van der Waals surface area contributed by atoms with Crippen LogP contribution in [0.15, 0.2) is 42.0 Å². The van der Waals surface area contributed by atoms with Crippen molar-refractivity contribution in [2.45, 2.75) is 46.0 Å². The van der Waals surface area contributed by atoms with Gasteiger partial charge in [0.2, 0.25) is 5.91 Å². The number of Topliss-reactive ketones (excluding diaryl/α,β-unsaturated/α-hetero) is 1. The van der Waals surface area contributed by atoms with Crippen molar-refractivity contribution >= 4 is 11.7 Å². The average Bonchev–Trinajstić information content (AvgIpc) is 3.07. The maximum Gasteiger partial charge on any atom is 0.244 e. The summed E-state index contributed by atoms with van der Waals surface area (Å²) >= 11 is 0. The topological polar surface area (TPSA) is 75.8 Å². The van der Waals surface area contributed by atoms with Gasteiger partial charge >= 0.3 is 0 Å². The minimum absolute atomic E-state index is 0.0241. The van der Waals surface area contributed by atoms with Crippen molar-refractivity contribution in [3.05, 3.63) is 53.2 Å². The third kappa shape index (κ3) is 2.34. The highest BCUT2D eigenvalue weighted by Crippen LogP contribution is 2.55. The maximum atomic E-state index is 12.8. The van der Waals surface area contributed by atoms with Gasteiger partial charge in [-0.15, -0.1) is 0 Å². The Balaban J connectivity index is 2.02. The van der Waals surface area contributed by atoms with E-state index in [2.05, 4.69) is 6.07 Å². The number of hydrogen-bond acceptors (Lipinski definition) is 4. The number of rotatable bonds is 1. The Morgan fingerprint density at radius 3 is 2.54 bits per heavy atom. The molecule has 0 unspecified atom stereocenters. The number of allylic oxidation sites excluding steroid dienone is 2. The van der Waals surface area contributed by atoms with Gasteiger partial charge in [-0.2, -0.15) is 15.0 Å². The van der Waals surface area contributed by atoms with Gasteiger partial charge < -0.3 is 0 Å². The molecule has 0 spiro atoms. The number of ketones is 1. The zero-order valence-corrected chi connectivity index (χ0v) is 16.6. The molecule has 1 aromatic carbocycles. The van der Waals surface area contributed by atoms with Crippen LogP contribution in [0.4, 0.5) is 0 Å². The summed E-state index contributed by atoms with van der Waals surface area (Å²) in [4.78, 5) is 25.2. The molecular weight excluding hydrogens is 350 g/mol. The van der Waals surface area contributed by atoms with Crippen molar-refractivity contribution in [1.82, 2.24) is 9.78 Å². The largest absolute Gasteiger partial charge is 0.293 e. The fraction of sp³-hybridized carbons (Fsp3) is 0.391. The lowest BCUT2D eigenvalue weighted by Crippen LogP contribution is -2.51. The SMILES string of the molecule is CC(=O)n1nc2c(c1-c1ccccc1)CC[C@H]1C(C)(C)C(=O)C(C#N)=C[C@]21C. The van der Waals surface area contributed by atoms with E-state index in [0.717, 1.165) is 35.4 Å². The van der Waals surface area contributed by atoms with Gasteiger partial charge in [0.1, 0.15) is 6.07 Å². The predicted octanol–water partition coefficient (Wildman–Crippen LogP) is 4.09.